The molecule has 5 nitrogen and oxygen atoms in total. The van der Waals surface area contributed by atoms with Gasteiger partial charge < -0.3 is 10.4 Å². The number of carbonyl (C=O) groups excluding carboxylic acids is 1. The molecule has 0 unspecified atom stereocenters. The van der Waals surface area contributed by atoms with E-state index in [2.05, 4.69) is 10.3 Å². The summed E-state index contributed by atoms with van der Waals surface area (Å²) in [5, 5.41) is 11.9. The molecule has 2 aromatic rings. The van der Waals surface area contributed by atoms with Gasteiger partial charge in [-0.1, -0.05) is 29.3 Å². The summed E-state index contributed by atoms with van der Waals surface area (Å²) in [7, 11) is 0. The number of anilines is 1. The highest BCUT2D eigenvalue weighted by atomic mass is 35.5. The Kier molecular flexibility index (Phi) is 4.77. The van der Waals surface area contributed by atoms with Gasteiger partial charge in [0.05, 0.1) is 22.7 Å². The highest BCUT2D eigenvalue weighted by Crippen LogP contribution is 2.30. The third-order valence-electron chi connectivity index (χ3n) is 2.62. The van der Waals surface area contributed by atoms with Crippen LogP contribution in [0.15, 0.2) is 36.5 Å². The minimum atomic E-state index is -1.23. The van der Waals surface area contributed by atoms with Crippen LogP contribution in [0.2, 0.25) is 10.0 Å². The lowest BCUT2D eigenvalue weighted by Gasteiger charge is -2.11. The molecule has 0 aliphatic rings. The van der Waals surface area contributed by atoms with Gasteiger partial charge in [0.1, 0.15) is 0 Å². The van der Waals surface area contributed by atoms with E-state index in [4.69, 9.17) is 28.3 Å². The molecule has 2 rings (SSSR count). The zero-order valence-corrected chi connectivity index (χ0v) is 12.1. The maximum absolute atomic E-state index is 12.0. The lowest BCUT2D eigenvalue weighted by atomic mass is 10.1. The molecule has 0 bridgehead atoms. The molecule has 1 heterocycles. The molecule has 21 heavy (non-hydrogen) atoms. The van der Waals surface area contributed by atoms with Crippen LogP contribution in [0.5, 0.6) is 0 Å². The molecule has 0 saturated carbocycles. The number of benzene rings is 1. The number of rotatable bonds is 4. The maximum atomic E-state index is 12.0. The molecular formula is C14H10Cl2N2O3. The number of amides is 1. The zero-order chi connectivity index (χ0) is 15.4. The maximum Gasteiger partial charge on any atom is 0.337 e. The molecule has 0 spiro atoms. The molecular weight excluding hydrogens is 315 g/mol. The fraction of sp³-hybridized carbons (Fsp3) is 0.0714. The Bertz CT molecular complexity index is 690. The fourth-order valence-electron chi connectivity index (χ4n) is 1.72. The number of halogens is 2. The second-order valence-electron chi connectivity index (χ2n) is 4.16. The van der Waals surface area contributed by atoms with Crippen LogP contribution in [0.4, 0.5) is 5.69 Å². The van der Waals surface area contributed by atoms with Crippen LogP contribution in [-0.2, 0) is 11.2 Å². The molecule has 2 N–H and O–H groups in total. The van der Waals surface area contributed by atoms with E-state index in [1.54, 1.807) is 24.4 Å². The SMILES string of the molecule is O=C(Cc1ccccn1)Nc1c(Cl)cc(Cl)cc1C(=O)O. The number of hydrogen-bond acceptors (Lipinski definition) is 3. The van der Waals surface area contributed by atoms with Gasteiger partial charge in [0.25, 0.3) is 0 Å². The number of aromatic nitrogens is 1. The van der Waals surface area contributed by atoms with Crippen molar-refractivity contribution in [1.29, 1.82) is 0 Å². The average molecular weight is 325 g/mol. The van der Waals surface area contributed by atoms with Crippen molar-refractivity contribution >= 4 is 40.8 Å². The molecule has 0 atom stereocenters. The molecule has 0 fully saturated rings. The third kappa shape index (κ3) is 3.93. The Hall–Kier alpha value is -2.11. The minimum absolute atomic E-state index is 0.0128. The quantitative estimate of drug-likeness (QED) is 0.904. The highest BCUT2D eigenvalue weighted by molar-refractivity contribution is 6.37. The smallest absolute Gasteiger partial charge is 0.337 e. The lowest BCUT2D eigenvalue weighted by molar-refractivity contribution is -0.115. The van der Waals surface area contributed by atoms with Gasteiger partial charge in [-0.3, -0.25) is 9.78 Å². The first-order valence-corrected chi connectivity index (χ1v) is 6.65. The lowest BCUT2D eigenvalue weighted by Crippen LogP contribution is -2.17. The van der Waals surface area contributed by atoms with Crippen LogP contribution in [0.3, 0.4) is 0 Å². The van der Waals surface area contributed by atoms with Crippen LogP contribution in [0, 0.1) is 0 Å². The van der Waals surface area contributed by atoms with Gasteiger partial charge >= 0.3 is 5.97 Å². The topological polar surface area (TPSA) is 79.3 Å². The number of pyridine rings is 1. The highest BCUT2D eigenvalue weighted by Gasteiger charge is 2.17. The minimum Gasteiger partial charge on any atom is -0.478 e. The number of carboxylic acid groups (broad SMARTS) is 1. The van der Waals surface area contributed by atoms with Crippen molar-refractivity contribution in [1.82, 2.24) is 4.98 Å². The second kappa shape index (κ2) is 6.56. The zero-order valence-electron chi connectivity index (χ0n) is 10.6. The number of carbonyl (C=O) groups is 2. The van der Waals surface area contributed by atoms with E-state index in [1.807, 2.05) is 0 Å². The van der Waals surface area contributed by atoms with E-state index in [9.17, 15) is 9.59 Å². The van der Waals surface area contributed by atoms with E-state index < -0.39 is 11.9 Å². The Balaban J connectivity index is 2.23. The van der Waals surface area contributed by atoms with Crippen molar-refractivity contribution in [3.05, 3.63) is 57.8 Å². The van der Waals surface area contributed by atoms with Crippen molar-refractivity contribution in [2.45, 2.75) is 6.42 Å². The van der Waals surface area contributed by atoms with Crippen molar-refractivity contribution in [2.75, 3.05) is 5.32 Å². The van der Waals surface area contributed by atoms with Gasteiger partial charge in [-0.15, -0.1) is 0 Å². The van der Waals surface area contributed by atoms with E-state index >= 15 is 0 Å². The summed E-state index contributed by atoms with van der Waals surface area (Å²) in [5.74, 6) is -1.65. The number of nitrogens with zero attached hydrogens (tertiary/aromatic N) is 1. The molecule has 0 radical (unpaired) electrons. The van der Waals surface area contributed by atoms with Crippen LogP contribution in [0.25, 0.3) is 0 Å². The molecule has 1 amide bonds. The molecule has 108 valence electrons. The predicted octanol–water partition coefficient (Wildman–Crippen LogP) is 3.27. The first kappa shape index (κ1) is 15.3. The van der Waals surface area contributed by atoms with Gasteiger partial charge in [0.15, 0.2) is 0 Å². The van der Waals surface area contributed by atoms with Crippen molar-refractivity contribution in [3.63, 3.8) is 0 Å². The van der Waals surface area contributed by atoms with Gasteiger partial charge in [-0.05, 0) is 24.3 Å². The first-order chi connectivity index (χ1) is 9.97. The molecule has 1 aromatic heterocycles. The average Bonchev–Trinajstić information content (AvgIpc) is 2.42. The third-order valence-corrected chi connectivity index (χ3v) is 3.13. The number of carboxylic acids is 1. The summed E-state index contributed by atoms with van der Waals surface area (Å²) in [6, 6.07) is 7.78. The molecule has 0 aliphatic carbocycles. The van der Waals surface area contributed by atoms with E-state index in [0.717, 1.165) is 0 Å². The van der Waals surface area contributed by atoms with Gasteiger partial charge in [-0.25, -0.2) is 4.79 Å². The summed E-state index contributed by atoms with van der Waals surface area (Å²) in [6.07, 6.45) is 1.58. The second-order valence-corrected chi connectivity index (χ2v) is 5.00. The normalized spacial score (nSPS) is 10.2. The Labute approximate surface area is 130 Å². The Morgan fingerprint density at radius 3 is 2.62 bits per heavy atom. The molecule has 0 aliphatic heterocycles. The number of hydrogen-bond donors (Lipinski definition) is 2. The number of nitrogens with one attached hydrogen (secondary N) is 1. The Morgan fingerprint density at radius 1 is 1.24 bits per heavy atom. The van der Waals surface area contributed by atoms with E-state index in [-0.39, 0.29) is 27.7 Å². The van der Waals surface area contributed by atoms with Crippen LogP contribution in [-0.4, -0.2) is 22.0 Å². The van der Waals surface area contributed by atoms with Crippen LogP contribution in [0.1, 0.15) is 16.1 Å². The molecule has 0 saturated heterocycles. The van der Waals surface area contributed by atoms with Crippen LogP contribution < -0.4 is 5.32 Å². The molecule has 1 aromatic carbocycles. The van der Waals surface area contributed by atoms with Crippen molar-refractivity contribution in [2.24, 2.45) is 0 Å². The van der Waals surface area contributed by atoms with Crippen molar-refractivity contribution in [3.8, 4) is 0 Å². The fourth-order valence-corrected chi connectivity index (χ4v) is 2.26. The van der Waals surface area contributed by atoms with Crippen LogP contribution >= 0.6 is 23.2 Å². The van der Waals surface area contributed by atoms with E-state index in [0.29, 0.717) is 5.69 Å². The monoisotopic (exact) mass is 324 g/mol. The van der Waals surface area contributed by atoms with Gasteiger partial charge in [0.2, 0.25) is 5.91 Å². The predicted molar refractivity (Wildman–Crippen MR) is 80.0 cm³/mol. The standard InChI is InChI=1S/C14H10Cl2N2O3/c15-8-5-10(14(20)21)13(11(16)6-8)18-12(19)7-9-3-1-2-4-17-9/h1-6H,7H2,(H,18,19)(H,20,21). The largest absolute Gasteiger partial charge is 0.478 e. The summed E-state index contributed by atoms with van der Waals surface area (Å²) in [6.45, 7) is 0. The summed E-state index contributed by atoms with van der Waals surface area (Å²) >= 11 is 11.7. The number of aromatic carboxylic acids is 1. The Morgan fingerprint density at radius 2 is 2.00 bits per heavy atom. The summed E-state index contributed by atoms with van der Waals surface area (Å²) in [5.41, 5.74) is 0.424. The summed E-state index contributed by atoms with van der Waals surface area (Å²) < 4.78 is 0. The van der Waals surface area contributed by atoms with E-state index in [1.165, 1.54) is 12.1 Å². The first-order valence-electron chi connectivity index (χ1n) is 5.89. The van der Waals surface area contributed by atoms with Crippen molar-refractivity contribution < 1.29 is 14.7 Å². The van der Waals surface area contributed by atoms with Gasteiger partial charge in [-0.2, -0.15) is 0 Å². The summed E-state index contributed by atoms with van der Waals surface area (Å²) in [4.78, 5) is 27.2. The molecule has 7 heteroatoms. The van der Waals surface area contributed by atoms with Gasteiger partial charge in [0, 0.05) is 16.9 Å².